The van der Waals surface area contributed by atoms with Crippen LogP contribution in [0.5, 0.6) is 0 Å². The molecule has 0 atom stereocenters. The first kappa shape index (κ1) is 12.2. The molecule has 1 aromatic carbocycles. The lowest BCUT2D eigenvalue weighted by Crippen LogP contribution is -2.24. The van der Waals surface area contributed by atoms with Crippen LogP contribution in [-0.2, 0) is 6.54 Å². The molecule has 0 fully saturated rings. The van der Waals surface area contributed by atoms with Gasteiger partial charge in [0, 0.05) is 0 Å². The van der Waals surface area contributed by atoms with Crippen LogP contribution >= 0.6 is 0 Å². The van der Waals surface area contributed by atoms with Gasteiger partial charge in [-0.15, -0.1) is 0 Å². The Morgan fingerprint density at radius 1 is 1.39 bits per heavy atom. The van der Waals surface area contributed by atoms with E-state index in [2.05, 4.69) is 10.7 Å². The zero-order valence-corrected chi connectivity index (χ0v) is 10.1. The second-order valence-corrected chi connectivity index (χ2v) is 3.96. The fourth-order valence-electron chi connectivity index (χ4n) is 1.65. The minimum absolute atomic E-state index is 0.195. The predicted molar refractivity (Wildman–Crippen MR) is 68.9 cm³/mol. The van der Waals surface area contributed by atoms with Gasteiger partial charge in [0.25, 0.3) is 5.91 Å². The van der Waals surface area contributed by atoms with Crippen LogP contribution in [0.25, 0.3) is 0 Å². The summed E-state index contributed by atoms with van der Waals surface area (Å²) in [5.74, 6) is 5.91. The highest BCUT2D eigenvalue weighted by molar-refractivity contribution is 5.99. The first-order valence-corrected chi connectivity index (χ1v) is 5.58. The molecule has 0 bridgehead atoms. The number of nitrogens with two attached hydrogens (primary N) is 1. The number of furan rings is 1. The maximum absolute atomic E-state index is 12.0. The number of carbonyl (C=O) groups is 1. The number of nitrogens with one attached hydrogen (secondary N) is 2. The van der Waals surface area contributed by atoms with E-state index in [1.54, 1.807) is 24.5 Å². The second kappa shape index (κ2) is 5.37. The van der Waals surface area contributed by atoms with E-state index in [0.717, 1.165) is 5.56 Å². The summed E-state index contributed by atoms with van der Waals surface area (Å²) >= 11 is 0. The molecule has 4 N–H and O–H groups in total. The molecule has 0 radical (unpaired) electrons. The van der Waals surface area contributed by atoms with Crippen molar-refractivity contribution in [3.05, 3.63) is 53.5 Å². The number of amides is 1. The van der Waals surface area contributed by atoms with Crippen molar-refractivity contribution < 1.29 is 9.21 Å². The number of benzene rings is 1. The largest absolute Gasteiger partial charge is 0.467 e. The quantitative estimate of drug-likeness (QED) is 0.567. The Hall–Kier alpha value is -2.27. The molecule has 1 heterocycles. The van der Waals surface area contributed by atoms with E-state index in [9.17, 15) is 4.79 Å². The number of rotatable bonds is 4. The number of nitrogen functional groups attached to an aromatic ring is 1. The number of carbonyl (C=O) groups excluding carboxylic acids is 1. The molecule has 1 amide bonds. The van der Waals surface area contributed by atoms with Gasteiger partial charge in [-0.25, -0.2) is 0 Å². The number of anilines is 1. The second-order valence-electron chi connectivity index (χ2n) is 3.96. The third-order valence-corrected chi connectivity index (χ3v) is 2.58. The van der Waals surface area contributed by atoms with Gasteiger partial charge in [0.2, 0.25) is 0 Å². The first-order valence-electron chi connectivity index (χ1n) is 5.58. The lowest BCUT2D eigenvalue weighted by molar-refractivity contribution is 0.0949. The van der Waals surface area contributed by atoms with Crippen molar-refractivity contribution in [2.24, 2.45) is 5.84 Å². The SMILES string of the molecule is Cc1ccc(C(=O)NCc2ccco2)c(NN)c1. The van der Waals surface area contributed by atoms with Gasteiger partial charge in [0.1, 0.15) is 5.76 Å². The van der Waals surface area contributed by atoms with Crippen molar-refractivity contribution in [1.29, 1.82) is 0 Å². The van der Waals surface area contributed by atoms with Crippen LogP contribution in [0, 0.1) is 6.92 Å². The number of aryl methyl sites for hydroxylation is 1. The molecule has 1 aromatic heterocycles. The van der Waals surface area contributed by atoms with Crippen LogP contribution in [-0.4, -0.2) is 5.91 Å². The Morgan fingerprint density at radius 3 is 2.89 bits per heavy atom. The lowest BCUT2D eigenvalue weighted by atomic mass is 10.1. The Morgan fingerprint density at radius 2 is 2.22 bits per heavy atom. The molecule has 0 saturated carbocycles. The third-order valence-electron chi connectivity index (χ3n) is 2.58. The summed E-state index contributed by atoms with van der Waals surface area (Å²) in [4.78, 5) is 12.0. The van der Waals surface area contributed by atoms with Crippen LogP contribution in [0.2, 0.25) is 0 Å². The van der Waals surface area contributed by atoms with Crippen molar-refractivity contribution in [1.82, 2.24) is 5.32 Å². The van der Waals surface area contributed by atoms with Gasteiger partial charge in [-0.05, 0) is 36.8 Å². The fraction of sp³-hybridized carbons (Fsp3) is 0.154. The maximum atomic E-state index is 12.0. The third kappa shape index (κ3) is 2.70. The van der Waals surface area contributed by atoms with E-state index in [1.807, 2.05) is 19.1 Å². The molecule has 2 aromatic rings. The minimum Gasteiger partial charge on any atom is -0.467 e. The normalized spacial score (nSPS) is 10.1. The maximum Gasteiger partial charge on any atom is 0.253 e. The van der Waals surface area contributed by atoms with E-state index in [1.165, 1.54) is 0 Å². The lowest BCUT2D eigenvalue weighted by Gasteiger charge is -2.09. The van der Waals surface area contributed by atoms with Crippen LogP contribution in [0.15, 0.2) is 41.0 Å². The van der Waals surface area contributed by atoms with E-state index in [0.29, 0.717) is 23.6 Å². The molecule has 5 nitrogen and oxygen atoms in total. The molecule has 2 rings (SSSR count). The van der Waals surface area contributed by atoms with Crippen molar-refractivity contribution in [2.75, 3.05) is 5.43 Å². The molecular weight excluding hydrogens is 230 g/mol. The highest BCUT2D eigenvalue weighted by Gasteiger charge is 2.11. The molecule has 0 saturated heterocycles. The fourth-order valence-corrected chi connectivity index (χ4v) is 1.65. The Kier molecular flexibility index (Phi) is 3.64. The van der Waals surface area contributed by atoms with Gasteiger partial charge < -0.3 is 15.2 Å². The molecule has 18 heavy (non-hydrogen) atoms. The average Bonchev–Trinajstić information content (AvgIpc) is 2.88. The van der Waals surface area contributed by atoms with Crippen LogP contribution in [0.1, 0.15) is 21.7 Å². The first-order chi connectivity index (χ1) is 8.70. The molecule has 5 heteroatoms. The summed E-state index contributed by atoms with van der Waals surface area (Å²) < 4.78 is 5.14. The summed E-state index contributed by atoms with van der Waals surface area (Å²) in [6.45, 7) is 2.29. The average molecular weight is 245 g/mol. The zero-order valence-electron chi connectivity index (χ0n) is 10.1. The predicted octanol–water partition coefficient (Wildman–Crippen LogP) is 1.80. The van der Waals surface area contributed by atoms with E-state index in [4.69, 9.17) is 10.3 Å². The van der Waals surface area contributed by atoms with Crippen LogP contribution in [0.4, 0.5) is 5.69 Å². The Balaban J connectivity index is 2.09. The van der Waals surface area contributed by atoms with Gasteiger partial charge >= 0.3 is 0 Å². The summed E-state index contributed by atoms with van der Waals surface area (Å²) in [6.07, 6.45) is 1.57. The standard InChI is InChI=1S/C13H15N3O2/c1-9-4-5-11(12(7-9)16-14)13(17)15-8-10-3-2-6-18-10/h2-7,16H,8,14H2,1H3,(H,15,17). The topological polar surface area (TPSA) is 80.3 Å². The van der Waals surface area contributed by atoms with Gasteiger partial charge in [0.15, 0.2) is 0 Å². The van der Waals surface area contributed by atoms with E-state index < -0.39 is 0 Å². The van der Waals surface area contributed by atoms with Crippen molar-refractivity contribution >= 4 is 11.6 Å². The van der Waals surface area contributed by atoms with Crippen molar-refractivity contribution in [2.45, 2.75) is 13.5 Å². The number of hydrogen-bond donors (Lipinski definition) is 3. The van der Waals surface area contributed by atoms with Crippen LogP contribution < -0.4 is 16.6 Å². The van der Waals surface area contributed by atoms with Gasteiger partial charge in [0.05, 0.1) is 24.1 Å². The summed E-state index contributed by atoms with van der Waals surface area (Å²) in [7, 11) is 0. The Bertz CT molecular complexity index is 535. The Labute approximate surface area is 105 Å². The molecule has 0 aliphatic rings. The van der Waals surface area contributed by atoms with Crippen molar-refractivity contribution in [3.8, 4) is 0 Å². The highest BCUT2D eigenvalue weighted by Crippen LogP contribution is 2.16. The van der Waals surface area contributed by atoms with Gasteiger partial charge in [-0.1, -0.05) is 6.07 Å². The van der Waals surface area contributed by atoms with Crippen LogP contribution in [0.3, 0.4) is 0 Å². The molecule has 0 unspecified atom stereocenters. The van der Waals surface area contributed by atoms with Gasteiger partial charge in [-0.3, -0.25) is 10.6 Å². The summed E-state index contributed by atoms with van der Waals surface area (Å²) in [5.41, 5.74) is 4.67. The minimum atomic E-state index is -0.195. The molecule has 94 valence electrons. The summed E-state index contributed by atoms with van der Waals surface area (Å²) in [5, 5.41) is 2.77. The smallest absolute Gasteiger partial charge is 0.253 e. The zero-order chi connectivity index (χ0) is 13.0. The van der Waals surface area contributed by atoms with E-state index in [-0.39, 0.29) is 5.91 Å². The summed E-state index contributed by atoms with van der Waals surface area (Å²) in [6, 6.07) is 9.00. The molecule has 0 aliphatic heterocycles. The number of hydrogen-bond acceptors (Lipinski definition) is 4. The van der Waals surface area contributed by atoms with Crippen molar-refractivity contribution in [3.63, 3.8) is 0 Å². The molecular formula is C13H15N3O2. The van der Waals surface area contributed by atoms with E-state index >= 15 is 0 Å². The monoisotopic (exact) mass is 245 g/mol. The number of hydrazine groups is 1. The molecule has 0 spiro atoms. The highest BCUT2D eigenvalue weighted by atomic mass is 16.3. The van der Waals surface area contributed by atoms with Gasteiger partial charge in [-0.2, -0.15) is 0 Å². The molecule has 0 aliphatic carbocycles.